The Labute approximate surface area is 415 Å². The van der Waals surface area contributed by atoms with Gasteiger partial charge in [0.1, 0.15) is 51.6 Å². The maximum Gasteiger partial charge on any atom is 0.255 e. The number of carbonyl (C=O) groups excluding carboxylic acids is 7. The number of nitrogens with one attached hydrogen (secondary N) is 1. The van der Waals surface area contributed by atoms with Gasteiger partial charge in [-0.15, -0.1) is 0 Å². The highest BCUT2D eigenvalue weighted by molar-refractivity contribution is 6.26. The van der Waals surface area contributed by atoms with E-state index in [1.807, 2.05) is 6.92 Å². The van der Waals surface area contributed by atoms with Crippen LogP contribution in [0.2, 0.25) is 0 Å². The second-order valence-electron chi connectivity index (χ2n) is 20.6. The van der Waals surface area contributed by atoms with E-state index in [-0.39, 0.29) is 65.9 Å². The number of amides is 3. The summed E-state index contributed by atoms with van der Waals surface area (Å²) in [5.74, 6) is -17.0. The molecule has 0 spiro atoms. The zero-order valence-electron chi connectivity index (χ0n) is 41.0. The quantitative estimate of drug-likeness (QED) is 0.0971. The number of anilines is 2. The molecular weight excluding hydrogens is 965 g/mol. The highest BCUT2D eigenvalue weighted by Gasteiger charge is 2.68. The number of hydrogen-bond donors (Lipinski definition) is 12. The summed E-state index contributed by atoms with van der Waals surface area (Å²) in [6, 6.07) is -0.659. The number of halogens is 2. The molecule has 0 saturated heterocycles. The number of rotatable bonds is 8. The summed E-state index contributed by atoms with van der Waals surface area (Å²) in [4.78, 5) is 94.9. The lowest BCUT2D eigenvalue weighted by molar-refractivity contribution is -0.157. The Hall–Kier alpha value is -7.25. The molecule has 73 heavy (non-hydrogen) atoms. The fraction of sp³-hybridized carbons (Fsp3) is 0.449. The van der Waals surface area contributed by atoms with Crippen LogP contribution >= 0.6 is 0 Å². The van der Waals surface area contributed by atoms with Crippen molar-refractivity contribution in [1.29, 1.82) is 0 Å². The fourth-order valence-corrected chi connectivity index (χ4v) is 11.9. The van der Waals surface area contributed by atoms with Crippen molar-refractivity contribution < 1.29 is 83.2 Å². The molecule has 0 bridgehead atoms. The van der Waals surface area contributed by atoms with Crippen molar-refractivity contribution in [2.45, 2.75) is 69.7 Å². The lowest BCUT2D eigenvalue weighted by Crippen LogP contribution is -2.67. The molecule has 0 heterocycles. The highest BCUT2D eigenvalue weighted by Crippen LogP contribution is 2.60. The van der Waals surface area contributed by atoms with E-state index in [0.717, 1.165) is 12.1 Å². The first-order valence-electron chi connectivity index (χ1n) is 22.8. The Bertz CT molecular complexity index is 3040. The van der Waals surface area contributed by atoms with Crippen LogP contribution < -0.4 is 22.5 Å². The van der Waals surface area contributed by atoms with E-state index in [9.17, 15) is 78.8 Å². The van der Waals surface area contributed by atoms with Gasteiger partial charge in [-0.3, -0.25) is 48.3 Å². The number of primary amides is 2. The molecule has 8 atom stereocenters. The van der Waals surface area contributed by atoms with Crippen molar-refractivity contribution in [2.75, 3.05) is 59.4 Å². The van der Waals surface area contributed by atoms with Crippen LogP contribution in [0, 0.1) is 34.3 Å². The average Bonchev–Trinajstić information content (AvgIpc) is 3.26. The van der Waals surface area contributed by atoms with Gasteiger partial charge < -0.3 is 63.4 Å². The van der Waals surface area contributed by atoms with E-state index in [2.05, 4.69) is 5.32 Å². The predicted molar refractivity (Wildman–Crippen MR) is 254 cm³/mol. The van der Waals surface area contributed by atoms with Crippen LogP contribution in [-0.2, 0) is 46.4 Å². The molecule has 2 aromatic rings. The Kier molecular flexibility index (Phi) is 13.0. The van der Waals surface area contributed by atoms with Gasteiger partial charge >= 0.3 is 0 Å². The maximum absolute atomic E-state index is 15.5. The van der Waals surface area contributed by atoms with Crippen LogP contribution in [0.5, 0.6) is 11.5 Å². The fourth-order valence-electron chi connectivity index (χ4n) is 11.9. The average molecular weight is 1020 g/mol. The van der Waals surface area contributed by atoms with Crippen molar-refractivity contribution in [3.63, 3.8) is 0 Å². The number of aliphatic hydroxyl groups is 6. The highest BCUT2D eigenvalue weighted by atomic mass is 19.1. The number of likely N-dealkylation sites (N-methyl/N-ethyl adjacent to an activating group) is 3. The molecule has 0 unspecified atom stereocenters. The molecule has 0 aromatic heterocycles. The predicted octanol–water partition coefficient (Wildman–Crippen LogP) is 0.459. The second-order valence-corrected chi connectivity index (χ2v) is 20.6. The number of aliphatic hydroxyl groups excluding tert-OH is 4. The van der Waals surface area contributed by atoms with Gasteiger partial charge in [-0.1, -0.05) is 20.8 Å². The third kappa shape index (κ3) is 7.63. The van der Waals surface area contributed by atoms with E-state index in [1.54, 1.807) is 18.9 Å². The zero-order valence-corrected chi connectivity index (χ0v) is 41.0. The lowest BCUT2D eigenvalue weighted by Gasteiger charge is -2.53. The molecule has 6 aliphatic carbocycles. The topological polar surface area (TPSA) is 381 Å². The maximum atomic E-state index is 15.5. The van der Waals surface area contributed by atoms with Crippen molar-refractivity contribution in [2.24, 2.45) is 34.1 Å². The summed E-state index contributed by atoms with van der Waals surface area (Å²) in [6.07, 6.45) is -0.737. The van der Waals surface area contributed by atoms with Gasteiger partial charge in [-0.25, -0.2) is 8.78 Å². The zero-order chi connectivity index (χ0) is 54.8. The van der Waals surface area contributed by atoms with Crippen LogP contribution in [-0.4, -0.2) is 168 Å². The first kappa shape index (κ1) is 53.5. The molecule has 22 nitrogen and oxygen atoms in total. The number of phenolic OH excluding ortho intramolecular Hbond substituents is 2. The SMILES string of the molecule is CCN(C)CC(=O)Nc1cc(F)c2c(c1O)C(O)=C1C(=O)[C@]3(O)C(O)=C(C(N)=O)C(=O)[C@@H](N(C)C)[C@@H]3C[C@]1(C)C2.CN(C)[C@@H]1C(=O)C(C(N)=O)=C(O)[C@@]2(O)C(=O)C3=C(O)c4c(O)c(N)cc(F)c4C[C@@]3(C)C[C@@H]12. The van der Waals surface area contributed by atoms with Crippen molar-refractivity contribution in [3.05, 3.63) is 79.8 Å². The smallest absolute Gasteiger partial charge is 0.255 e. The largest absolute Gasteiger partial charge is 0.508 e. The first-order valence-corrected chi connectivity index (χ1v) is 22.8. The minimum atomic E-state index is -2.82. The summed E-state index contributed by atoms with van der Waals surface area (Å²) in [7, 11) is 7.65. The number of phenols is 2. The summed E-state index contributed by atoms with van der Waals surface area (Å²) in [6.45, 7) is 5.40. The van der Waals surface area contributed by atoms with Gasteiger partial charge in [0.2, 0.25) is 17.5 Å². The third-order valence-electron chi connectivity index (χ3n) is 15.4. The lowest BCUT2D eigenvalue weighted by atomic mass is 9.52. The standard InChI is InChI=1S/C27H33FN4O8.C22H24FN3O7/c1-6-32(5)10-15(33)30-14-7-13(28)11-8-26(2)9-12-19(31(3)4)22(36)17(25(29)39)23(37)27(12,40)24(38)18(26)21(35)16(11)20(14)34;1-21-5-7-9(23)4-10(24)15(27)11(7)16(28)13(21)19(31)22(33)8(6-21)14(26(2)3)17(29)12(18(22)30)20(25)32/h7,12,19,34-35,37,40H,6,8-10H2,1-5H3,(H2,29,39)(H,30,33);4,8,14,27-28,30,33H,5-6,24H2,1-3H3,(H2,25,32)/t12-,19-,26-,27+;8-,14-,21-,22+/m00/s1. The number of benzene rings is 2. The van der Waals surface area contributed by atoms with E-state index in [4.69, 9.17) is 17.2 Å². The number of hydrogen-bond acceptors (Lipinski definition) is 19. The first-order chi connectivity index (χ1) is 33.7. The Morgan fingerprint density at radius 1 is 0.685 bits per heavy atom. The van der Waals surface area contributed by atoms with Crippen molar-refractivity contribution >= 4 is 63.7 Å². The van der Waals surface area contributed by atoms with Crippen LogP contribution in [0.4, 0.5) is 20.2 Å². The van der Waals surface area contributed by atoms with Gasteiger partial charge in [0.05, 0.1) is 41.1 Å². The normalized spacial score (nSPS) is 29.6. The molecule has 0 aliphatic heterocycles. The number of ketones is 4. The summed E-state index contributed by atoms with van der Waals surface area (Å²) in [5, 5.41) is 91.1. The monoisotopic (exact) mass is 1020 g/mol. The number of nitrogens with two attached hydrogens (primary N) is 3. The molecule has 2 fully saturated rings. The Morgan fingerprint density at radius 2 is 1.07 bits per heavy atom. The number of nitrogens with zero attached hydrogens (tertiary/aromatic N) is 3. The number of carbonyl (C=O) groups is 7. The van der Waals surface area contributed by atoms with Gasteiger partial charge in [-0.2, -0.15) is 0 Å². The van der Waals surface area contributed by atoms with Crippen molar-refractivity contribution in [1.82, 2.24) is 14.7 Å². The molecule has 6 aliphatic rings. The van der Waals surface area contributed by atoms with Gasteiger partial charge in [0, 0.05) is 57.1 Å². The molecule has 3 amide bonds. The van der Waals surface area contributed by atoms with Crippen LogP contribution in [0.3, 0.4) is 0 Å². The number of fused-ring (bicyclic) bond motifs is 6. The molecule has 2 saturated carbocycles. The second kappa shape index (κ2) is 17.8. The molecule has 15 N–H and O–H groups in total. The van der Waals surface area contributed by atoms with E-state index >= 15 is 4.39 Å². The Balaban J connectivity index is 0.000000218. The molecule has 0 radical (unpaired) electrons. The molecule has 24 heteroatoms. The molecule has 8 rings (SSSR count). The Morgan fingerprint density at radius 3 is 1.44 bits per heavy atom. The van der Waals surface area contributed by atoms with E-state index < -0.39 is 155 Å². The summed E-state index contributed by atoms with van der Waals surface area (Å²) < 4.78 is 30.2. The number of Topliss-reactive ketones (excluding diaryl/α,β-unsaturated/α-hetero) is 4. The van der Waals surface area contributed by atoms with Crippen LogP contribution in [0.15, 0.2) is 45.9 Å². The molecular formula is C49H57F2N7O15. The van der Waals surface area contributed by atoms with Gasteiger partial charge in [0.25, 0.3) is 11.8 Å². The van der Waals surface area contributed by atoms with E-state index in [1.165, 1.54) is 44.9 Å². The van der Waals surface area contributed by atoms with Crippen LogP contribution in [0.25, 0.3) is 11.5 Å². The minimum Gasteiger partial charge on any atom is -0.508 e. The molecule has 392 valence electrons. The van der Waals surface area contributed by atoms with Gasteiger partial charge in [0.15, 0.2) is 28.5 Å². The molecule has 2 aromatic carbocycles. The minimum absolute atomic E-state index is 0.0632. The number of nitrogen functional groups attached to an aromatic ring is 1. The summed E-state index contributed by atoms with van der Waals surface area (Å²) >= 11 is 0. The van der Waals surface area contributed by atoms with Gasteiger partial charge in [-0.05, 0) is 67.5 Å². The third-order valence-corrected chi connectivity index (χ3v) is 15.4. The summed E-state index contributed by atoms with van der Waals surface area (Å²) in [5.41, 5.74) is 3.60. The van der Waals surface area contributed by atoms with Crippen molar-refractivity contribution in [3.8, 4) is 11.5 Å². The van der Waals surface area contributed by atoms with Crippen LogP contribution in [0.1, 0.15) is 55.9 Å². The number of aromatic hydroxyl groups is 2. The van der Waals surface area contributed by atoms with E-state index in [0.29, 0.717) is 6.54 Å².